The Balaban J connectivity index is 2.49. The van der Waals surface area contributed by atoms with Crippen molar-refractivity contribution in [2.75, 3.05) is 26.2 Å². The van der Waals surface area contributed by atoms with Crippen LogP contribution in [0.1, 0.15) is 20.3 Å². The number of carbonyl (C=O) groups excluding carboxylic acids is 1. The minimum atomic E-state index is -0.208. The van der Waals surface area contributed by atoms with Crippen LogP contribution in [0.25, 0.3) is 0 Å². The third-order valence-corrected chi connectivity index (χ3v) is 2.93. The van der Waals surface area contributed by atoms with Gasteiger partial charge >= 0.3 is 0 Å². The van der Waals surface area contributed by atoms with Gasteiger partial charge in [-0.25, -0.2) is 0 Å². The maximum Gasteiger partial charge on any atom is 0.236 e. The van der Waals surface area contributed by atoms with E-state index >= 15 is 0 Å². The molecule has 1 fully saturated rings. The van der Waals surface area contributed by atoms with Crippen LogP contribution in [0.15, 0.2) is 0 Å². The van der Waals surface area contributed by atoms with E-state index in [1.807, 2.05) is 0 Å². The average molecular weight is 199 g/mol. The summed E-state index contributed by atoms with van der Waals surface area (Å²) in [6.07, 6.45) is 1.15. The summed E-state index contributed by atoms with van der Waals surface area (Å²) in [5.74, 6) is 0.426. The highest BCUT2D eigenvalue weighted by atomic mass is 16.1. The van der Waals surface area contributed by atoms with Crippen LogP contribution in [0, 0.1) is 5.92 Å². The molecule has 0 aromatic rings. The molecular weight excluding hydrogens is 178 g/mol. The van der Waals surface area contributed by atoms with Gasteiger partial charge in [0.2, 0.25) is 5.91 Å². The van der Waals surface area contributed by atoms with Gasteiger partial charge in [-0.3, -0.25) is 9.69 Å². The van der Waals surface area contributed by atoms with Gasteiger partial charge in [0.25, 0.3) is 0 Å². The van der Waals surface area contributed by atoms with Gasteiger partial charge < -0.3 is 11.1 Å². The van der Waals surface area contributed by atoms with E-state index < -0.39 is 0 Å². The molecule has 1 aliphatic rings. The fraction of sp³-hybridized carbons (Fsp3) is 0.900. The molecular formula is C10H21N3O. The van der Waals surface area contributed by atoms with Crippen molar-refractivity contribution in [1.29, 1.82) is 0 Å². The predicted octanol–water partition coefficient (Wildman–Crippen LogP) is -0.208. The fourth-order valence-electron chi connectivity index (χ4n) is 1.77. The average Bonchev–Trinajstić information content (AvgIpc) is 2.18. The number of hydrogen-bond acceptors (Lipinski definition) is 3. The first-order chi connectivity index (χ1) is 6.65. The Hall–Kier alpha value is -0.610. The first kappa shape index (κ1) is 11.5. The number of nitrogens with one attached hydrogen (secondary N) is 1. The monoisotopic (exact) mass is 199 g/mol. The lowest BCUT2D eigenvalue weighted by atomic mass is 10.1. The zero-order chi connectivity index (χ0) is 10.6. The number of nitrogens with zero attached hydrogens (tertiary/aromatic N) is 1. The lowest BCUT2D eigenvalue weighted by molar-refractivity contribution is -0.124. The lowest BCUT2D eigenvalue weighted by Crippen LogP contribution is -2.57. The van der Waals surface area contributed by atoms with E-state index in [1.54, 1.807) is 0 Å². The van der Waals surface area contributed by atoms with E-state index in [2.05, 4.69) is 24.1 Å². The number of amides is 1. The standard InChI is InChI=1S/C10H21N3O/c1-3-8(2)7-13-5-4-12-6-9(13)10(11)14/h8-9,12H,3-7H2,1-2H3,(H2,11,14). The van der Waals surface area contributed by atoms with Crippen LogP contribution in [0.5, 0.6) is 0 Å². The molecule has 1 aliphatic heterocycles. The van der Waals surface area contributed by atoms with Crippen molar-refractivity contribution < 1.29 is 4.79 Å². The van der Waals surface area contributed by atoms with Crippen molar-refractivity contribution in [3.63, 3.8) is 0 Å². The van der Waals surface area contributed by atoms with Gasteiger partial charge in [0.05, 0.1) is 0 Å². The van der Waals surface area contributed by atoms with E-state index in [-0.39, 0.29) is 11.9 Å². The number of hydrogen-bond donors (Lipinski definition) is 2. The number of piperazine rings is 1. The first-order valence-electron chi connectivity index (χ1n) is 5.39. The second kappa shape index (κ2) is 5.32. The van der Waals surface area contributed by atoms with E-state index in [1.165, 1.54) is 0 Å². The van der Waals surface area contributed by atoms with Crippen LogP contribution in [-0.2, 0) is 4.79 Å². The molecule has 0 aromatic carbocycles. The minimum absolute atomic E-state index is 0.113. The van der Waals surface area contributed by atoms with Crippen LogP contribution in [0.3, 0.4) is 0 Å². The van der Waals surface area contributed by atoms with Crippen molar-refractivity contribution in [2.45, 2.75) is 26.3 Å². The van der Waals surface area contributed by atoms with Crippen LogP contribution in [0.2, 0.25) is 0 Å². The normalized spacial score (nSPS) is 26.0. The molecule has 3 N–H and O–H groups in total. The van der Waals surface area contributed by atoms with Crippen molar-refractivity contribution in [3.8, 4) is 0 Å². The molecule has 82 valence electrons. The van der Waals surface area contributed by atoms with Gasteiger partial charge in [-0.1, -0.05) is 20.3 Å². The third kappa shape index (κ3) is 2.96. The van der Waals surface area contributed by atoms with Crippen LogP contribution in [0.4, 0.5) is 0 Å². The molecule has 0 saturated carbocycles. The first-order valence-corrected chi connectivity index (χ1v) is 5.39. The number of carbonyl (C=O) groups is 1. The van der Waals surface area contributed by atoms with E-state index in [4.69, 9.17) is 5.73 Å². The molecule has 4 nitrogen and oxygen atoms in total. The topological polar surface area (TPSA) is 58.4 Å². The summed E-state index contributed by atoms with van der Waals surface area (Å²) >= 11 is 0. The van der Waals surface area contributed by atoms with Gasteiger partial charge in [-0.15, -0.1) is 0 Å². The summed E-state index contributed by atoms with van der Waals surface area (Å²) < 4.78 is 0. The Kier molecular flexibility index (Phi) is 4.35. The van der Waals surface area contributed by atoms with E-state index in [9.17, 15) is 4.79 Å². The molecule has 0 spiro atoms. The molecule has 4 heteroatoms. The number of nitrogens with two attached hydrogens (primary N) is 1. The van der Waals surface area contributed by atoms with Gasteiger partial charge in [-0.2, -0.15) is 0 Å². The van der Waals surface area contributed by atoms with Crippen LogP contribution < -0.4 is 11.1 Å². The largest absolute Gasteiger partial charge is 0.368 e. The number of primary amides is 1. The third-order valence-electron chi connectivity index (χ3n) is 2.93. The van der Waals surface area contributed by atoms with Gasteiger partial charge in [0.1, 0.15) is 6.04 Å². The molecule has 0 aliphatic carbocycles. The van der Waals surface area contributed by atoms with Gasteiger partial charge in [0, 0.05) is 26.2 Å². The zero-order valence-corrected chi connectivity index (χ0v) is 9.12. The molecule has 0 radical (unpaired) electrons. The second-order valence-electron chi connectivity index (χ2n) is 4.13. The highest BCUT2D eigenvalue weighted by molar-refractivity contribution is 5.80. The summed E-state index contributed by atoms with van der Waals surface area (Å²) in [6, 6.07) is -0.113. The van der Waals surface area contributed by atoms with Crippen molar-refractivity contribution in [3.05, 3.63) is 0 Å². The molecule has 2 unspecified atom stereocenters. The quantitative estimate of drug-likeness (QED) is 0.659. The highest BCUT2D eigenvalue weighted by Crippen LogP contribution is 2.09. The maximum atomic E-state index is 11.2. The zero-order valence-electron chi connectivity index (χ0n) is 9.12. The van der Waals surface area contributed by atoms with E-state index in [0.29, 0.717) is 12.5 Å². The maximum absolute atomic E-state index is 11.2. The summed E-state index contributed by atoms with van der Waals surface area (Å²) in [5.41, 5.74) is 5.35. The molecule has 2 atom stereocenters. The summed E-state index contributed by atoms with van der Waals surface area (Å²) in [5, 5.41) is 3.19. The van der Waals surface area contributed by atoms with Gasteiger partial charge in [0.15, 0.2) is 0 Å². The molecule has 1 saturated heterocycles. The second-order valence-corrected chi connectivity index (χ2v) is 4.13. The Bertz CT molecular complexity index is 196. The molecule has 0 aromatic heterocycles. The SMILES string of the molecule is CCC(C)CN1CCNCC1C(N)=O. The molecule has 14 heavy (non-hydrogen) atoms. The van der Waals surface area contributed by atoms with Crippen LogP contribution >= 0.6 is 0 Å². The smallest absolute Gasteiger partial charge is 0.236 e. The Labute approximate surface area is 85.8 Å². The molecule has 1 rings (SSSR count). The number of rotatable bonds is 4. The lowest BCUT2D eigenvalue weighted by Gasteiger charge is -2.35. The highest BCUT2D eigenvalue weighted by Gasteiger charge is 2.27. The Morgan fingerprint density at radius 3 is 3.00 bits per heavy atom. The fourth-order valence-corrected chi connectivity index (χ4v) is 1.77. The van der Waals surface area contributed by atoms with Gasteiger partial charge in [-0.05, 0) is 5.92 Å². The van der Waals surface area contributed by atoms with Crippen molar-refractivity contribution in [2.24, 2.45) is 11.7 Å². The predicted molar refractivity (Wildman–Crippen MR) is 56.9 cm³/mol. The molecule has 0 bridgehead atoms. The Morgan fingerprint density at radius 1 is 1.71 bits per heavy atom. The summed E-state index contributed by atoms with van der Waals surface area (Å²) in [6.45, 7) is 7.95. The van der Waals surface area contributed by atoms with E-state index in [0.717, 1.165) is 26.1 Å². The van der Waals surface area contributed by atoms with Crippen LogP contribution in [-0.4, -0.2) is 43.0 Å². The summed E-state index contributed by atoms with van der Waals surface area (Å²) in [7, 11) is 0. The minimum Gasteiger partial charge on any atom is -0.368 e. The van der Waals surface area contributed by atoms with Crippen molar-refractivity contribution >= 4 is 5.91 Å². The summed E-state index contributed by atoms with van der Waals surface area (Å²) in [4.78, 5) is 13.4. The van der Waals surface area contributed by atoms with Crippen molar-refractivity contribution in [1.82, 2.24) is 10.2 Å². The molecule has 1 heterocycles. The molecule has 1 amide bonds. The Morgan fingerprint density at radius 2 is 2.43 bits per heavy atom.